The zero-order valence-electron chi connectivity index (χ0n) is 20.5. The molecule has 0 bridgehead atoms. The fourth-order valence-electron chi connectivity index (χ4n) is 4.42. The van der Waals surface area contributed by atoms with E-state index in [2.05, 4.69) is 87.8 Å². The SMILES string of the molecule is CN(CCCNc1ccnc2cc(Cl)ccc12)CCCN(Cc1ccccc1)Cc1ccccc1. The molecule has 182 valence electrons. The van der Waals surface area contributed by atoms with E-state index >= 15 is 0 Å². The van der Waals surface area contributed by atoms with E-state index in [-0.39, 0.29) is 0 Å². The predicted molar refractivity (Wildman–Crippen MR) is 149 cm³/mol. The van der Waals surface area contributed by atoms with Gasteiger partial charge in [0.15, 0.2) is 0 Å². The lowest BCUT2D eigenvalue weighted by molar-refractivity contribution is 0.231. The molecule has 0 aliphatic heterocycles. The first-order chi connectivity index (χ1) is 17.2. The fraction of sp³-hybridized carbons (Fsp3) is 0.300. The second-order valence-corrected chi connectivity index (χ2v) is 9.58. The molecule has 3 aromatic carbocycles. The first-order valence-electron chi connectivity index (χ1n) is 12.4. The molecule has 4 rings (SSSR count). The number of halogens is 1. The molecule has 0 fully saturated rings. The van der Waals surface area contributed by atoms with Gasteiger partial charge in [0.2, 0.25) is 0 Å². The molecule has 1 heterocycles. The van der Waals surface area contributed by atoms with E-state index < -0.39 is 0 Å². The van der Waals surface area contributed by atoms with Gasteiger partial charge in [-0.15, -0.1) is 0 Å². The van der Waals surface area contributed by atoms with Crippen molar-refractivity contribution < 1.29 is 0 Å². The summed E-state index contributed by atoms with van der Waals surface area (Å²) in [5, 5.41) is 5.40. The molecular weight excluding hydrogens is 452 g/mol. The fourth-order valence-corrected chi connectivity index (χ4v) is 4.59. The molecule has 0 saturated heterocycles. The molecular formula is C30H35ClN4. The monoisotopic (exact) mass is 486 g/mol. The van der Waals surface area contributed by atoms with Gasteiger partial charge < -0.3 is 10.2 Å². The lowest BCUT2D eigenvalue weighted by atomic mass is 10.1. The molecule has 0 saturated carbocycles. The Kier molecular flexibility index (Phi) is 9.53. The summed E-state index contributed by atoms with van der Waals surface area (Å²) in [6.45, 7) is 6.14. The smallest absolute Gasteiger partial charge is 0.0737 e. The van der Waals surface area contributed by atoms with Crippen molar-refractivity contribution in [1.29, 1.82) is 0 Å². The van der Waals surface area contributed by atoms with E-state index in [1.165, 1.54) is 11.1 Å². The van der Waals surface area contributed by atoms with Crippen LogP contribution in [0.5, 0.6) is 0 Å². The van der Waals surface area contributed by atoms with E-state index in [4.69, 9.17) is 11.6 Å². The van der Waals surface area contributed by atoms with Crippen LogP contribution in [0.1, 0.15) is 24.0 Å². The molecule has 4 aromatic rings. The lowest BCUT2D eigenvalue weighted by Crippen LogP contribution is -2.29. The van der Waals surface area contributed by atoms with E-state index in [0.29, 0.717) is 0 Å². The first kappa shape index (κ1) is 25.2. The van der Waals surface area contributed by atoms with Crippen molar-refractivity contribution in [2.75, 3.05) is 38.5 Å². The van der Waals surface area contributed by atoms with Gasteiger partial charge >= 0.3 is 0 Å². The van der Waals surface area contributed by atoms with Gasteiger partial charge in [0, 0.05) is 48.5 Å². The largest absolute Gasteiger partial charge is 0.384 e. The summed E-state index contributed by atoms with van der Waals surface area (Å²) in [5.41, 5.74) is 4.78. The van der Waals surface area contributed by atoms with Crippen LogP contribution < -0.4 is 5.32 Å². The van der Waals surface area contributed by atoms with Gasteiger partial charge in [0.25, 0.3) is 0 Å². The van der Waals surface area contributed by atoms with Crippen molar-refractivity contribution in [3.63, 3.8) is 0 Å². The van der Waals surface area contributed by atoms with Gasteiger partial charge in [-0.3, -0.25) is 9.88 Å². The second kappa shape index (κ2) is 13.2. The number of hydrogen-bond donors (Lipinski definition) is 1. The summed E-state index contributed by atoms with van der Waals surface area (Å²) in [6.07, 6.45) is 4.08. The Morgan fingerprint density at radius 1 is 0.771 bits per heavy atom. The number of pyridine rings is 1. The Morgan fingerprint density at radius 2 is 1.43 bits per heavy atom. The van der Waals surface area contributed by atoms with E-state index in [0.717, 1.165) is 73.7 Å². The summed E-state index contributed by atoms with van der Waals surface area (Å²) in [4.78, 5) is 9.42. The number of nitrogens with one attached hydrogen (secondary N) is 1. The van der Waals surface area contributed by atoms with Crippen LogP contribution in [0.2, 0.25) is 5.02 Å². The Morgan fingerprint density at radius 3 is 2.11 bits per heavy atom. The van der Waals surface area contributed by atoms with Crippen LogP contribution in [-0.4, -0.2) is 48.0 Å². The normalized spacial score (nSPS) is 11.4. The van der Waals surface area contributed by atoms with E-state index in [1.54, 1.807) is 0 Å². The van der Waals surface area contributed by atoms with Gasteiger partial charge in [0.1, 0.15) is 0 Å². The van der Waals surface area contributed by atoms with Gasteiger partial charge in [-0.1, -0.05) is 72.3 Å². The average molecular weight is 487 g/mol. The second-order valence-electron chi connectivity index (χ2n) is 9.14. The van der Waals surface area contributed by atoms with Crippen LogP contribution >= 0.6 is 11.6 Å². The molecule has 1 N–H and O–H groups in total. The number of nitrogens with zero attached hydrogens (tertiary/aromatic N) is 3. The number of benzene rings is 3. The summed E-state index contributed by atoms with van der Waals surface area (Å²) < 4.78 is 0. The molecule has 0 aliphatic carbocycles. The quantitative estimate of drug-likeness (QED) is 0.213. The van der Waals surface area contributed by atoms with Crippen LogP contribution in [0.4, 0.5) is 5.69 Å². The molecule has 1 aromatic heterocycles. The van der Waals surface area contributed by atoms with Crippen LogP contribution in [0, 0.1) is 0 Å². The Labute approximate surface area is 214 Å². The minimum Gasteiger partial charge on any atom is -0.384 e. The van der Waals surface area contributed by atoms with E-state index in [9.17, 15) is 0 Å². The third-order valence-electron chi connectivity index (χ3n) is 6.25. The number of anilines is 1. The first-order valence-corrected chi connectivity index (χ1v) is 12.8. The maximum Gasteiger partial charge on any atom is 0.0737 e. The molecule has 0 radical (unpaired) electrons. The van der Waals surface area contributed by atoms with Gasteiger partial charge in [-0.05, 0) is 68.4 Å². The standard InChI is InChI=1S/C30H35ClN4/c1-34(19-8-17-32-29-16-18-33-30-22-27(31)14-15-28(29)30)20-9-21-35(23-25-10-4-2-5-11-25)24-26-12-6-3-7-13-26/h2-7,10-16,18,22H,8-9,17,19-21,23-24H2,1H3,(H,32,33). The molecule has 4 nitrogen and oxygen atoms in total. The lowest BCUT2D eigenvalue weighted by Gasteiger charge is -2.24. The number of rotatable bonds is 13. The number of fused-ring (bicyclic) bond motifs is 1. The Bertz CT molecular complexity index is 1130. The maximum absolute atomic E-state index is 6.11. The third kappa shape index (κ3) is 8.07. The minimum atomic E-state index is 0.717. The minimum absolute atomic E-state index is 0.717. The number of hydrogen-bond acceptors (Lipinski definition) is 4. The van der Waals surface area contributed by atoms with Gasteiger partial charge in [-0.2, -0.15) is 0 Å². The Hall–Kier alpha value is -2.92. The van der Waals surface area contributed by atoms with Crippen LogP contribution in [0.25, 0.3) is 10.9 Å². The molecule has 0 unspecified atom stereocenters. The molecule has 0 amide bonds. The third-order valence-corrected chi connectivity index (χ3v) is 6.48. The molecule has 35 heavy (non-hydrogen) atoms. The topological polar surface area (TPSA) is 31.4 Å². The average Bonchev–Trinajstić information content (AvgIpc) is 2.87. The Balaban J connectivity index is 1.21. The van der Waals surface area contributed by atoms with Gasteiger partial charge in [-0.25, -0.2) is 0 Å². The highest BCUT2D eigenvalue weighted by Crippen LogP contribution is 2.24. The summed E-state index contributed by atoms with van der Waals surface area (Å²) in [7, 11) is 2.22. The highest BCUT2D eigenvalue weighted by Gasteiger charge is 2.08. The van der Waals surface area contributed by atoms with Crippen LogP contribution in [-0.2, 0) is 13.1 Å². The molecule has 0 spiro atoms. The summed E-state index contributed by atoms with van der Waals surface area (Å²) in [5.74, 6) is 0. The molecule has 0 aliphatic rings. The zero-order chi connectivity index (χ0) is 24.3. The van der Waals surface area contributed by atoms with Crippen LogP contribution in [0.3, 0.4) is 0 Å². The summed E-state index contributed by atoms with van der Waals surface area (Å²) in [6, 6.07) is 29.5. The predicted octanol–water partition coefficient (Wildman–Crippen LogP) is 6.71. The number of aromatic nitrogens is 1. The maximum atomic E-state index is 6.11. The van der Waals surface area contributed by atoms with E-state index in [1.807, 2.05) is 30.5 Å². The zero-order valence-corrected chi connectivity index (χ0v) is 21.3. The molecule has 5 heteroatoms. The van der Waals surface area contributed by atoms with Crippen molar-refractivity contribution in [3.8, 4) is 0 Å². The highest BCUT2D eigenvalue weighted by atomic mass is 35.5. The van der Waals surface area contributed by atoms with Crippen molar-refractivity contribution in [1.82, 2.24) is 14.8 Å². The highest BCUT2D eigenvalue weighted by molar-refractivity contribution is 6.31. The van der Waals surface area contributed by atoms with Crippen molar-refractivity contribution >= 4 is 28.2 Å². The van der Waals surface area contributed by atoms with Gasteiger partial charge in [0.05, 0.1) is 5.52 Å². The molecule has 0 atom stereocenters. The van der Waals surface area contributed by atoms with Crippen molar-refractivity contribution in [2.24, 2.45) is 0 Å². The van der Waals surface area contributed by atoms with Crippen LogP contribution in [0.15, 0.2) is 91.1 Å². The van der Waals surface area contributed by atoms with Crippen molar-refractivity contribution in [2.45, 2.75) is 25.9 Å². The van der Waals surface area contributed by atoms with Crippen molar-refractivity contribution in [3.05, 3.63) is 107 Å². The summed E-state index contributed by atoms with van der Waals surface area (Å²) >= 11 is 6.11.